The van der Waals surface area contributed by atoms with Crippen molar-refractivity contribution in [1.82, 2.24) is 0 Å². The molecular formula is C30H34N6O4S. The predicted octanol–water partition coefficient (Wildman–Crippen LogP) is 3.42. The van der Waals surface area contributed by atoms with Crippen LogP contribution < -0.4 is 26.5 Å². The smallest absolute Gasteiger partial charge is 0.316 e. The summed E-state index contributed by atoms with van der Waals surface area (Å²) in [4.78, 5) is 2.13. The summed E-state index contributed by atoms with van der Waals surface area (Å²) in [6.45, 7) is 8.18. The maximum atomic E-state index is 10.4. The Bertz CT molecular complexity index is 1660. The number of nitriles is 1. The van der Waals surface area contributed by atoms with Crippen LogP contribution in [0.25, 0.3) is 10.9 Å². The first kappa shape index (κ1) is 29.6. The highest BCUT2D eigenvalue weighted by atomic mass is 32.2. The number of aryl methyl sites for hydroxylation is 1. The molecule has 11 heteroatoms. The summed E-state index contributed by atoms with van der Waals surface area (Å²) in [6, 6.07) is 24.1. The van der Waals surface area contributed by atoms with Crippen LogP contribution in [0.15, 0.2) is 77.7 Å². The van der Waals surface area contributed by atoms with E-state index in [1.807, 2.05) is 49.4 Å². The van der Waals surface area contributed by atoms with Crippen molar-refractivity contribution in [3.63, 3.8) is 0 Å². The Morgan fingerprint density at radius 1 is 1.07 bits per heavy atom. The van der Waals surface area contributed by atoms with E-state index in [0.717, 1.165) is 40.8 Å². The summed E-state index contributed by atoms with van der Waals surface area (Å²) in [7, 11) is -4.27. The molecule has 41 heavy (non-hydrogen) atoms. The largest absolute Gasteiger partial charge is 0.744 e. The lowest BCUT2D eigenvalue weighted by atomic mass is 10.1. The molecule has 1 aromatic heterocycles. The fourth-order valence-corrected chi connectivity index (χ4v) is 5.29. The van der Waals surface area contributed by atoms with E-state index in [4.69, 9.17) is 16.3 Å². The zero-order valence-electron chi connectivity index (χ0n) is 23.2. The van der Waals surface area contributed by atoms with Gasteiger partial charge in [-0.25, -0.2) is 8.42 Å². The van der Waals surface area contributed by atoms with Gasteiger partial charge in [0.25, 0.3) is 0 Å². The van der Waals surface area contributed by atoms with E-state index in [1.54, 1.807) is 12.1 Å². The van der Waals surface area contributed by atoms with Gasteiger partial charge in [0.2, 0.25) is 0 Å². The molecule has 3 aromatic carbocycles. The van der Waals surface area contributed by atoms with E-state index < -0.39 is 10.1 Å². The van der Waals surface area contributed by atoms with Crippen LogP contribution in [-0.4, -0.2) is 38.3 Å². The number of morpholine rings is 1. The maximum absolute atomic E-state index is 10.4. The third-order valence-corrected chi connectivity index (χ3v) is 7.64. The fourth-order valence-electron chi connectivity index (χ4n) is 4.82. The number of benzene rings is 3. The molecule has 1 fully saturated rings. The average molecular weight is 575 g/mol. The number of nitrogens with two attached hydrogens (primary N) is 2. The van der Waals surface area contributed by atoms with Crippen molar-refractivity contribution in [2.75, 3.05) is 34.9 Å². The summed E-state index contributed by atoms with van der Waals surface area (Å²) in [5.74, 6) is 6.46. The highest BCUT2D eigenvalue weighted by Crippen LogP contribution is 2.32. The minimum Gasteiger partial charge on any atom is -0.744 e. The van der Waals surface area contributed by atoms with Gasteiger partial charge in [0.05, 0.1) is 28.2 Å². The highest BCUT2D eigenvalue weighted by molar-refractivity contribution is 7.85. The molecule has 1 saturated heterocycles. The van der Waals surface area contributed by atoms with E-state index in [1.165, 1.54) is 16.8 Å². The molecule has 0 amide bonds. The second kappa shape index (κ2) is 12.4. The summed E-state index contributed by atoms with van der Waals surface area (Å²) in [5, 5.41) is 14.1. The number of hydrogen-bond acceptors (Lipinski definition) is 9. The Morgan fingerprint density at radius 2 is 1.71 bits per heavy atom. The quantitative estimate of drug-likeness (QED) is 0.184. The monoisotopic (exact) mass is 574 g/mol. The third kappa shape index (κ3) is 7.05. The number of nitrogen functional groups attached to an aromatic ring is 2. The molecule has 10 nitrogen and oxygen atoms in total. The van der Waals surface area contributed by atoms with Gasteiger partial charge in [-0.2, -0.15) is 5.26 Å². The van der Waals surface area contributed by atoms with Crippen molar-refractivity contribution < 1.29 is 22.4 Å². The van der Waals surface area contributed by atoms with Crippen molar-refractivity contribution in [1.29, 1.82) is 5.26 Å². The molecule has 1 aliphatic rings. The van der Waals surface area contributed by atoms with E-state index in [9.17, 15) is 18.2 Å². The molecule has 214 valence electrons. The minimum atomic E-state index is -4.27. The zero-order valence-corrected chi connectivity index (χ0v) is 24.1. The molecule has 5 rings (SSSR count). The lowest BCUT2D eigenvalue weighted by molar-refractivity contribution is -0.596. The van der Waals surface area contributed by atoms with Gasteiger partial charge in [-0.15, -0.1) is 4.68 Å². The number of rotatable bonds is 5. The molecule has 0 aliphatic carbocycles. The summed E-state index contributed by atoms with van der Waals surface area (Å²) < 4.78 is 38.4. The van der Waals surface area contributed by atoms with Gasteiger partial charge in [0.1, 0.15) is 16.2 Å². The normalized spacial score (nSPS) is 16.9. The Labute approximate surface area is 240 Å². The molecule has 2 atom stereocenters. The number of aromatic nitrogens is 1. The average Bonchev–Trinajstić information content (AvgIpc) is 2.94. The number of pyridine rings is 1. The first-order chi connectivity index (χ1) is 19.5. The Hall–Kier alpha value is -4.37. The highest BCUT2D eigenvalue weighted by Gasteiger charge is 2.25. The number of anilines is 3. The maximum Gasteiger partial charge on any atom is 0.316 e. The van der Waals surface area contributed by atoms with Gasteiger partial charge in [-0.05, 0) is 56.7 Å². The summed E-state index contributed by atoms with van der Waals surface area (Å²) >= 11 is 0. The van der Waals surface area contributed by atoms with Gasteiger partial charge in [-0.3, -0.25) is 11.6 Å². The SMILES string of the molecule is CC1CN(c2ccc3c(c2)c(NCc2ccccc2)c(C#N)c(N)[n+]3N)CC(C)O1.Cc1ccc(S(=O)(=O)[O-])cc1. The van der Waals surface area contributed by atoms with Crippen LogP contribution in [-0.2, 0) is 21.4 Å². The lowest BCUT2D eigenvalue weighted by Gasteiger charge is -2.37. The van der Waals surface area contributed by atoms with E-state index in [-0.39, 0.29) is 22.9 Å². The van der Waals surface area contributed by atoms with Crippen LogP contribution in [0.3, 0.4) is 0 Å². The number of fused-ring (bicyclic) bond motifs is 1. The Morgan fingerprint density at radius 3 is 2.29 bits per heavy atom. The van der Waals surface area contributed by atoms with Crippen molar-refractivity contribution in [3.8, 4) is 6.07 Å². The van der Waals surface area contributed by atoms with Crippen LogP contribution in [0.4, 0.5) is 17.2 Å². The van der Waals surface area contributed by atoms with E-state index in [0.29, 0.717) is 17.8 Å². The lowest BCUT2D eigenvalue weighted by Crippen LogP contribution is -2.48. The molecule has 2 heterocycles. The van der Waals surface area contributed by atoms with Crippen LogP contribution in [0.1, 0.15) is 30.5 Å². The predicted molar refractivity (Wildman–Crippen MR) is 159 cm³/mol. The second-order valence-electron chi connectivity index (χ2n) is 10.1. The van der Waals surface area contributed by atoms with E-state index in [2.05, 4.69) is 36.2 Å². The summed E-state index contributed by atoms with van der Waals surface area (Å²) in [6.07, 6.45) is 0.307. The molecule has 0 radical (unpaired) electrons. The van der Waals surface area contributed by atoms with Crippen LogP contribution in [0.2, 0.25) is 0 Å². The molecular weight excluding hydrogens is 540 g/mol. The molecule has 1 aliphatic heterocycles. The van der Waals surface area contributed by atoms with Crippen molar-refractivity contribution in [2.45, 2.75) is 44.4 Å². The Balaban J connectivity index is 0.000000296. The molecule has 5 N–H and O–H groups in total. The van der Waals surface area contributed by atoms with Crippen molar-refractivity contribution in [3.05, 3.63) is 89.5 Å². The summed E-state index contributed by atoms with van der Waals surface area (Å²) in [5.41, 5.74) is 11.1. The first-order valence-corrected chi connectivity index (χ1v) is 14.6. The second-order valence-corrected chi connectivity index (χ2v) is 11.5. The van der Waals surface area contributed by atoms with Gasteiger partial charge >= 0.3 is 5.82 Å². The molecule has 4 aromatic rings. The molecule has 2 unspecified atom stereocenters. The van der Waals surface area contributed by atoms with Gasteiger partial charge in [-0.1, -0.05) is 48.0 Å². The van der Waals surface area contributed by atoms with Crippen LogP contribution >= 0.6 is 0 Å². The minimum absolute atomic E-state index is 0.153. The molecule has 0 spiro atoms. The Kier molecular flexibility index (Phi) is 8.98. The molecule has 0 bridgehead atoms. The van der Waals surface area contributed by atoms with Gasteiger partial charge in [0, 0.05) is 25.3 Å². The fraction of sp³-hybridized carbons (Fsp3) is 0.267. The van der Waals surface area contributed by atoms with Gasteiger partial charge in [0.15, 0.2) is 11.1 Å². The standard InChI is InChI=1S/C23H26N6O.C7H8O3S/c1-15-13-28(14-16(2)30-15)18-8-9-21-19(10-18)22(20(11-24)23(25)29(21)26)27-12-17-6-4-3-5-7-17;1-6-2-4-7(5-3-6)11(8,9)10/h3-10,15-16H,12-14,26H2,1-2H3,(H2,25,27);2-5H,1H3,(H,8,9,10). The van der Waals surface area contributed by atoms with Gasteiger partial charge < -0.3 is 19.5 Å². The van der Waals surface area contributed by atoms with Crippen LogP contribution in [0.5, 0.6) is 0 Å². The topological polar surface area (TPSA) is 161 Å². The van der Waals surface area contributed by atoms with Crippen molar-refractivity contribution >= 4 is 38.2 Å². The zero-order chi connectivity index (χ0) is 29.7. The number of hydrogen-bond donors (Lipinski definition) is 3. The van der Waals surface area contributed by atoms with Crippen LogP contribution in [0, 0.1) is 18.3 Å². The van der Waals surface area contributed by atoms with Crippen molar-refractivity contribution in [2.24, 2.45) is 0 Å². The number of nitrogens with zero attached hydrogens (tertiary/aromatic N) is 3. The molecule has 0 saturated carbocycles. The number of ether oxygens (including phenoxy) is 1. The van der Waals surface area contributed by atoms with E-state index >= 15 is 0 Å². The number of nitrogens with one attached hydrogen (secondary N) is 1. The third-order valence-electron chi connectivity index (χ3n) is 6.79. The first-order valence-electron chi connectivity index (χ1n) is 13.1.